The third-order valence-electron chi connectivity index (χ3n) is 5.80. The quantitative estimate of drug-likeness (QED) is 0.217. The Morgan fingerprint density at radius 1 is 1.00 bits per heavy atom. The van der Waals surface area contributed by atoms with Gasteiger partial charge in [-0.1, -0.05) is 47.1 Å². The molecule has 35 heavy (non-hydrogen) atoms. The number of hydrogen-bond donors (Lipinski definition) is 0. The van der Waals surface area contributed by atoms with Crippen molar-refractivity contribution < 1.29 is 18.8 Å². The Kier molecular flexibility index (Phi) is 5.93. The molecule has 8 heteroatoms. The maximum absolute atomic E-state index is 13.1. The van der Waals surface area contributed by atoms with Crippen molar-refractivity contribution in [3.8, 4) is 17.1 Å². The predicted molar refractivity (Wildman–Crippen MR) is 132 cm³/mol. The normalized spacial score (nSPS) is 11.1. The van der Waals surface area contributed by atoms with Crippen LogP contribution < -0.4 is 0 Å². The standard InChI is InChI=1S/C27H20ClN3O4/c1-16-13-21(17(2)31(16)26-11-12-35-30-26)25(32)15-34-27(33)22-14-24(18-7-9-19(28)10-8-18)29-23-6-4-3-5-20(22)23/h3-14H,15H2,1-2H3. The number of pyridine rings is 1. The van der Waals surface area contributed by atoms with Crippen molar-refractivity contribution in [3.05, 3.63) is 101 Å². The fourth-order valence-electron chi connectivity index (χ4n) is 4.12. The number of para-hydroxylation sites is 1. The van der Waals surface area contributed by atoms with Gasteiger partial charge in [0, 0.05) is 39.0 Å². The molecule has 0 atom stereocenters. The van der Waals surface area contributed by atoms with Crippen molar-refractivity contribution in [2.75, 3.05) is 6.61 Å². The Labute approximate surface area is 205 Å². The van der Waals surface area contributed by atoms with Gasteiger partial charge in [-0.05, 0) is 44.2 Å². The lowest BCUT2D eigenvalue weighted by Gasteiger charge is -2.10. The molecule has 5 aromatic rings. The van der Waals surface area contributed by atoms with Crippen LogP contribution in [0.3, 0.4) is 0 Å². The molecule has 3 heterocycles. The summed E-state index contributed by atoms with van der Waals surface area (Å²) in [4.78, 5) is 30.8. The van der Waals surface area contributed by atoms with Gasteiger partial charge in [-0.25, -0.2) is 9.78 Å². The fourth-order valence-corrected chi connectivity index (χ4v) is 4.24. The Hall–Kier alpha value is -4.23. The lowest BCUT2D eigenvalue weighted by atomic mass is 10.0. The van der Waals surface area contributed by atoms with Crippen LogP contribution in [0.25, 0.3) is 28.0 Å². The molecule has 0 spiro atoms. The summed E-state index contributed by atoms with van der Waals surface area (Å²) in [6.07, 6.45) is 1.47. The van der Waals surface area contributed by atoms with E-state index in [4.69, 9.17) is 20.9 Å². The summed E-state index contributed by atoms with van der Waals surface area (Å²) in [5, 5.41) is 5.19. The molecule has 7 nitrogen and oxygen atoms in total. The van der Waals surface area contributed by atoms with E-state index >= 15 is 0 Å². The van der Waals surface area contributed by atoms with Crippen LogP contribution in [0.2, 0.25) is 5.02 Å². The van der Waals surface area contributed by atoms with Crippen LogP contribution in [0.4, 0.5) is 0 Å². The van der Waals surface area contributed by atoms with E-state index in [0.717, 1.165) is 11.3 Å². The third-order valence-corrected chi connectivity index (χ3v) is 6.05. The molecule has 174 valence electrons. The average molecular weight is 486 g/mol. The SMILES string of the molecule is Cc1cc(C(=O)COC(=O)c2cc(-c3ccc(Cl)cc3)nc3ccccc23)c(C)n1-c1ccon1. The van der Waals surface area contributed by atoms with Gasteiger partial charge in [0.1, 0.15) is 6.26 Å². The van der Waals surface area contributed by atoms with E-state index in [2.05, 4.69) is 10.1 Å². The summed E-state index contributed by atoms with van der Waals surface area (Å²) in [6.45, 7) is 3.28. The molecule has 0 aliphatic heterocycles. The van der Waals surface area contributed by atoms with E-state index in [-0.39, 0.29) is 5.78 Å². The lowest BCUT2D eigenvalue weighted by molar-refractivity contribution is 0.0476. The van der Waals surface area contributed by atoms with Gasteiger partial charge >= 0.3 is 5.97 Å². The molecular weight excluding hydrogens is 466 g/mol. The Balaban J connectivity index is 1.42. The molecule has 0 unspecified atom stereocenters. The number of carbonyl (C=O) groups is 2. The highest BCUT2D eigenvalue weighted by atomic mass is 35.5. The number of halogens is 1. The second-order valence-electron chi connectivity index (χ2n) is 8.06. The number of aryl methyl sites for hydroxylation is 1. The van der Waals surface area contributed by atoms with E-state index in [1.807, 2.05) is 48.7 Å². The summed E-state index contributed by atoms with van der Waals surface area (Å²) in [6, 6.07) is 19.6. The fraction of sp³-hybridized carbons (Fsp3) is 0.111. The molecule has 0 amide bonds. The van der Waals surface area contributed by atoms with Gasteiger partial charge in [-0.3, -0.25) is 9.36 Å². The highest BCUT2D eigenvalue weighted by Gasteiger charge is 2.21. The largest absolute Gasteiger partial charge is 0.454 e. The summed E-state index contributed by atoms with van der Waals surface area (Å²) >= 11 is 6.01. The van der Waals surface area contributed by atoms with E-state index < -0.39 is 12.6 Å². The molecule has 0 fully saturated rings. The monoisotopic (exact) mass is 485 g/mol. The highest BCUT2D eigenvalue weighted by Crippen LogP contribution is 2.27. The molecule has 0 radical (unpaired) electrons. The maximum atomic E-state index is 13.1. The van der Waals surface area contributed by atoms with Gasteiger partial charge in [-0.15, -0.1) is 0 Å². The third kappa shape index (κ3) is 4.34. The van der Waals surface area contributed by atoms with E-state index in [1.165, 1.54) is 6.26 Å². The topological polar surface area (TPSA) is 87.2 Å². The molecule has 2 aromatic carbocycles. The second kappa shape index (κ2) is 9.19. The highest BCUT2D eigenvalue weighted by molar-refractivity contribution is 6.30. The predicted octanol–water partition coefficient (Wildman–Crippen LogP) is 5.99. The summed E-state index contributed by atoms with van der Waals surface area (Å²) < 4.78 is 12.2. The van der Waals surface area contributed by atoms with Gasteiger partial charge < -0.3 is 9.26 Å². The Morgan fingerprint density at radius 2 is 1.77 bits per heavy atom. The molecular formula is C27H20ClN3O4. The zero-order valence-electron chi connectivity index (χ0n) is 19.0. The minimum Gasteiger partial charge on any atom is -0.454 e. The van der Waals surface area contributed by atoms with Crippen LogP contribution >= 0.6 is 11.6 Å². The first-order valence-electron chi connectivity index (χ1n) is 10.9. The summed E-state index contributed by atoms with van der Waals surface area (Å²) in [7, 11) is 0. The zero-order chi connectivity index (χ0) is 24.5. The smallest absolute Gasteiger partial charge is 0.339 e. The minimum absolute atomic E-state index is 0.308. The number of benzene rings is 2. The minimum atomic E-state index is -0.600. The van der Waals surface area contributed by atoms with Crippen LogP contribution in [-0.4, -0.2) is 33.1 Å². The maximum Gasteiger partial charge on any atom is 0.339 e. The van der Waals surface area contributed by atoms with Gasteiger partial charge in [0.05, 0.1) is 16.8 Å². The first kappa shape index (κ1) is 22.6. The number of Topliss-reactive ketones (excluding diaryl/α,β-unsaturated/α-hetero) is 1. The molecule has 0 saturated carbocycles. The summed E-state index contributed by atoms with van der Waals surface area (Å²) in [5.41, 5.74) is 4.37. The molecule has 0 bridgehead atoms. The Bertz CT molecular complexity index is 1550. The number of ether oxygens (including phenoxy) is 1. The van der Waals surface area contributed by atoms with Crippen molar-refractivity contribution in [1.82, 2.24) is 14.7 Å². The van der Waals surface area contributed by atoms with Crippen LogP contribution in [0, 0.1) is 13.8 Å². The van der Waals surface area contributed by atoms with Gasteiger partial charge in [-0.2, -0.15) is 0 Å². The average Bonchev–Trinajstić information content (AvgIpc) is 3.49. The number of esters is 1. The van der Waals surface area contributed by atoms with E-state index in [9.17, 15) is 9.59 Å². The van der Waals surface area contributed by atoms with E-state index in [0.29, 0.717) is 44.3 Å². The first-order chi connectivity index (χ1) is 16.9. The number of hydrogen-bond acceptors (Lipinski definition) is 6. The van der Waals surface area contributed by atoms with Crippen molar-refractivity contribution in [2.45, 2.75) is 13.8 Å². The number of nitrogens with zero attached hydrogens (tertiary/aromatic N) is 3. The van der Waals surface area contributed by atoms with Crippen LogP contribution in [0.5, 0.6) is 0 Å². The number of carbonyl (C=O) groups excluding carboxylic acids is 2. The van der Waals surface area contributed by atoms with Crippen molar-refractivity contribution in [3.63, 3.8) is 0 Å². The number of rotatable bonds is 6. The van der Waals surface area contributed by atoms with Gasteiger partial charge in [0.25, 0.3) is 0 Å². The molecule has 0 aliphatic rings. The van der Waals surface area contributed by atoms with Gasteiger partial charge in [0.15, 0.2) is 12.4 Å². The molecule has 0 saturated heterocycles. The molecule has 0 aliphatic carbocycles. The van der Waals surface area contributed by atoms with Crippen molar-refractivity contribution in [1.29, 1.82) is 0 Å². The number of fused-ring (bicyclic) bond motifs is 1. The number of ketones is 1. The molecule has 5 rings (SSSR count). The van der Waals surface area contributed by atoms with Crippen molar-refractivity contribution in [2.24, 2.45) is 0 Å². The van der Waals surface area contributed by atoms with Crippen LogP contribution in [-0.2, 0) is 4.74 Å². The second-order valence-corrected chi connectivity index (χ2v) is 8.49. The lowest BCUT2D eigenvalue weighted by Crippen LogP contribution is -2.15. The first-order valence-corrected chi connectivity index (χ1v) is 11.3. The Morgan fingerprint density at radius 3 is 2.51 bits per heavy atom. The zero-order valence-corrected chi connectivity index (χ0v) is 19.7. The number of aromatic nitrogens is 3. The van der Waals surface area contributed by atoms with E-state index in [1.54, 1.807) is 36.4 Å². The molecule has 3 aromatic heterocycles. The van der Waals surface area contributed by atoms with Crippen LogP contribution in [0.1, 0.15) is 32.1 Å². The van der Waals surface area contributed by atoms with Crippen molar-refractivity contribution >= 4 is 34.3 Å². The van der Waals surface area contributed by atoms with Gasteiger partial charge in [0.2, 0.25) is 5.78 Å². The summed E-state index contributed by atoms with van der Waals surface area (Å²) in [5.74, 6) is -0.330. The van der Waals surface area contributed by atoms with Crippen LogP contribution in [0.15, 0.2) is 77.5 Å². The molecule has 0 N–H and O–H groups in total.